The standard InChI is InChI=1S/C12H14F2N2O3/c1-6(2)10(11(17)18)16-12(19)15-9-5-7(13)3-4-8(9)14/h3-6,10H,1-2H3,(H,17,18)(H2,15,16,19)/t10-/m0/s1. The molecule has 104 valence electrons. The molecule has 1 atom stereocenters. The van der Waals surface area contributed by atoms with Crippen LogP contribution in [0, 0.1) is 17.6 Å². The zero-order valence-electron chi connectivity index (χ0n) is 10.4. The number of hydrogen-bond acceptors (Lipinski definition) is 2. The molecule has 0 bridgehead atoms. The van der Waals surface area contributed by atoms with Crippen molar-refractivity contribution in [2.24, 2.45) is 5.92 Å². The SMILES string of the molecule is CC(C)[C@H](NC(=O)Nc1cc(F)ccc1F)C(=O)O. The molecule has 0 spiro atoms. The summed E-state index contributed by atoms with van der Waals surface area (Å²) < 4.78 is 26.1. The Morgan fingerprint density at radius 3 is 2.42 bits per heavy atom. The van der Waals surface area contributed by atoms with Crippen LogP contribution in [0.3, 0.4) is 0 Å². The van der Waals surface area contributed by atoms with E-state index in [1.807, 2.05) is 0 Å². The van der Waals surface area contributed by atoms with Crippen molar-refractivity contribution in [1.29, 1.82) is 0 Å². The Morgan fingerprint density at radius 1 is 1.26 bits per heavy atom. The maximum atomic E-state index is 13.3. The molecule has 0 radical (unpaired) electrons. The van der Waals surface area contributed by atoms with Gasteiger partial charge in [0.2, 0.25) is 0 Å². The predicted molar refractivity (Wildman–Crippen MR) is 64.8 cm³/mol. The van der Waals surface area contributed by atoms with Crippen molar-refractivity contribution < 1.29 is 23.5 Å². The van der Waals surface area contributed by atoms with Crippen molar-refractivity contribution in [3.63, 3.8) is 0 Å². The van der Waals surface area contributed by atoms with Gasteiger partial charge in [-0.3, -0.25) is 0 Å². The Hall–Kier alpha value is -2.18. The van der Waals surface area contributed by atoms with E-state index in [1.165, 1.54) is 0 Å². The van der Waals surface area contributed by atoms with Crippen molar-refractivity contribution in [3.8, 4) is 0 Å². The summed E-state index contributed by atoms with van der Waals surface area (Å²) >= 11 is 0. The molecule has 19 heavy (non-hydrogen) atoms. The van der Waals surface area contributed by atoms with E-state index in [4.69, 9.17) is 5.11 Å². The van der Waals surface area contributed by atoms with Gasteiger partial charge in [0.1, 0.15) is 17.7 Å². The van der Waals surface area contributed by atoms with Crippen molar-refractivity contribution in [2.75, 3.05) is 5.32 Å². The van der Waals surface area contributed by atoms with Gasteiger partial charge < -0.3 is 15.7 Å². The quantitative estimate of drug-likeness (QED) is 0.786. The van der Waals surface area contributed by atoms with Gasteiger partial charge in [0.05, 0.1) is 5.69 Å². The molecule has 0 heterocycles. The van der Waals surface area contributed by atoms with Crippen LogP contribution in [0.1, 0.15) is 13.8 Å². The highest BCUT2D eigenvalue weighted by atomic mass is 19.1. The number of amides is 2. The van der Waals surface area contributed by atoms with Gasteiger partial charge in [0.15, 0.2) is 0 Å². The van der Waals surface area contributed by atoms with Crippen LogP contribution in [-0.2, 0) is 4.79 Å². The number of carbonyl (C=O) groups excluding carboxylic acids is 1. The van der Waals surface area contributed by atoms with E-state index < -0.39 is 29.7 Å². The maximum Gasteiger partial charge on any atom is 0.326 e. The van der Waals surface area contributed by atoms with E-state index in [0.717, 1.165) is 18.2 Å². The lowest BCUT2D eigenvalue weighted by Gasteiger charge is -2.18. The zero-order valence-corrected chi connectivity index (χ0v) is 10.4. The van der Waals surface area contributed by atoms with Gasteiger partial charge >= 0.3 is 12.0 Å². The molecule has 7 heteroatoms. The lowest BCUT2D eigenvalue weighted by Crippen LogP contribution is -2.46. The van der Waals surface area contributed by atoms with Gasteiger partial charge in [-0.1, -0.05) is 13.8 Å². The van der Waals surface area contributed by atoms with E-state index in [2.05, 4.69) is 10.6 Å². The molecule has 3 N–H and O–H groups in total. The molecule has 1 aromatic rings. The number of carboxylic acids is 1. The Balaban J connectivity index is 2.74. The van der Waals surface area contributed by atoms with Gasteiger partial charge in [0, 0.05) is 6.07 Å². The fraction of sp³-hybridized carbons (Fsp3) is 0.333. The van der Waals surface area contributed by atoms with E-state index in [9.17, 15) is 18.4 Å². The summed E-state index contributed by atoms with van der Waals surface area (Å²) in [7, 11) is 0. The number of carbonyl (C=O) groups is 2. The minimum absolute atomic E-state index is 0.347. The summed E-state index contributed by atoms with van der Waals surface area (Å²) in [5, 5.41) is 13.1. The van der Waals surface area contributed by atoms with E-state index in [0.29, 0.717) is 0 Å². The molecule has 5 nitrogen and oxygen atoms in total. The third-order valence-electron chi connectivity index (χ3n) is 2.40. The summed E-state index contributed by atoms with van der Waals surface area (Å²) in [5.74, 6) is -3.08. The van der Waals surface area contributed by atoms with Crippen molar-refractivity contribution in [1.82, 2.24) is 5.32 Å². The third kappa shape index (κ3) is 4.20. The van der Waals surface area contributed by atoms with Gasteiger partial charge in [-0.25, -0.2) is 18.4 Å². The molecule has 1 rings (SSSR count). The largest absolute Gasteiger partial charge is 0.480 e. The van der Waals surface area contributed by atoms with Gasteiger partial charge in [-0.15, -0.1) is 0 Å². The summed E-state index contributed by atoms with van der Waals surface area (Å²) in [6, 6.07) is 0.552. The number of aliphatic carboxylic acids is 1. The van der Waals surface area contributed by atoms with Crippen LogP contribution < -0.4 is 10.6 Å². The second kappa shape index (κ2) is 6.12. The number of anilines is 1. The van der Waals surface area contributed by atoms with Crippen LogP contribution in [0.4, 0.5) is 19.3 Å². The number of rotatable bonds is 4. The van der Waals surface area contributed by atoms with Crippen molar-refractivity contribution in [2.45, 2.75) is 19.9 Å². The second-order valence-corrected chi connectivity index (χ2v) is 4.28. The van der Waals surface area contributed by atoms with Crippen LogP contribution in [0.5, 0.6) is 0 Å². The summed E-state index contributed by atoms with van der Waals surface area (Å²) in [6.07, 6.45) is 0. The van der Waals surface area contributed by atoms with E-state index in [-0.39, 0.29) is 11.6 Å². The topological polar surface area (TPSA) is 78.4 Å². The minimum Gasteiger partial charge on any atom is -0.480 e. The molecule has 0 aromatic heterocycles. The Bertz CT molecular complexity index is 492. The highest BCUT2D eigenvalue weighted by molar-refractivity contribution is 5.92. The fourth-order valence-corrected chi connectivity index (χ4v) is 1.41. The first-order valence-corrected chi connectivity index (χ1v) is 5.56. The monoisotopic (exact) mass is 272 g/mol. The Labute approximate surface area is 108 Å². The molecule has 0 unspecified atom stereocenters. The van der Waals surface area contributed by atoms with Crippen molar-refractivity contribution >= 4 is 17.7 Å². The molecule has 2 amide bonds. The number of halogens is 2. The van der Waals surface area contributed by atoms with E-state index >= 15 is 0 Å². The first kappa shape index (κ1) is 14.9. The Morgan fingerprint density at radius 2 is 1.89 bits per heavy atom. The van der Waals surface area contributed by atoms with Gasteiger partial charge in [-0.05, 0) is 18.1 Å². The van der Waals surface area contributed by atoms with E-state index in [1.54, 1.807) is 13.8 Å². The fourth-order valence-electron chi connectivity index (χ4n) is 1.41. The lowest BCUT2D eigenvalue weighted by molar-refractivity contribution is -0.140. The highest BCUT2D eigenvalue weighted by Gasteiger charge is 2.23. The predicted octanol–water partition coefficient (Wildman–Crippen LogP) is 2.20. The molecule has 0 saturated heterocycles. The van der Waals surface area contributed by atoms with Crippen LogP contribution in [0.25, 0.3) is 0 Å². The number of nitrogens with one attached hydrogen (secondary N) is 2. The summed E-state index contributed by atoms with van der Waals surface area (Å²) in [5.41, 5.74) is -0.356. The first-order chi connectivity index (χ1) is 8.81. The number of benzene rings is 1. The van der Waals surface area contributed by atoms with Crippen LogP contribution in [0.2, 0.25) is 0 Å². The third-order valence-corrected chi connectivity index (χ3v) is 2.40. The Kier molecular flexibility index (Phi) is 4.80. The van der Waals surface area contributed by atoms with Crippen LogP contribution >= 0.6 is 0 Å². The summed E-state index contributed by atoms with van der Waals surface area (Å²) in [4.78, 5) is 22.4. The zero-order chi connectivity index (χ0) is 14.6. The average Bonchev–Trinajstić information content (AvgIpc) is 2.30. The summed E-state index contributed by atoms with van der Waals surface area (Å²) in [6.45, 7) is 3.23. The average molecular weight is 272 g/mol. The first-order valence-electron chi connectivity index (χ1n) is 5.56. The number of carboxylic acid groups (broad SMARTS) is 1. The van der Waals surface area contributed by atoms with Gasteiger partial charge in [0.25, 0.3) is 0 Å². The smallest absolute Gasteiger partial charge is 0.326 e. The van der Waals surface area contributed by atoms with Crippen LogP contribution in [0.15, 0.2) is 18.2 Å². The molecular formula is C12H14F2N2O3. The number of hydrogen-bond donors (Lipinski definition) is 3. The highest BCUT2D eigenvalue weighted by Crippen LogP contribution is 2.15. The normalized spacial score (nSPS) is 12.1. The second-order valence-electron chi connectivity index (χ2n) is 4.28. The molecule has 0 fully saturated rings. The molecular weight excluding hydrogens is 258 g/mol. The van der Waals surface area contributed by atoms with Crippen molar-refractivity contribution in [3.05, 3.63) is 29.8 Å². The molecule has 0 aliphatic carbocycles. The molecule has 0 aliphatic heterocycles. The van der Waals surface area contributed by atoms with Gasteiger partial charge in [-0.2, -0.15) is 0 Å². The molecule has 0 aliphatic rings. The van der Waals surface area contributed by atoms with Crippen LogP contribution in [-0.4, -0.2) is 23.1 Å². The minimum atomic E-state index is -1.20. The molecule has 1 aromatic carbocycles. The molecule has 0 saturated carbocycles. The number of urea groups is 1. The maximum absolute atomic E-state index is 13.3. The lowest BCUT2D eigenvalue weighted by atomic mass is 10.1.